The molecule has 2 fully saturated rings. The highest BCUT2D eigenvalue weighted by Gasteiger charge is 2.63. The molecule has 2 nitrogen and oxygen atoms in total. The van der Waals surface area contributed by atoms with Gasteiger partial charge in [-0.3, -0.25) is 4.79 Å². The van der Waals surface area contributed by atoms with Crippen LogP contribution >= 0.6 is 0 Å². The van der Waals surface area contributed by atoms with E-state index >= 15 is 0 Å². The molecular formula is C11H19NO. The highest BCUT2D eigenvalue weighted by molar-refractivity contribution is 5.90. The van der Waals surface area contributed by atoms with Gasteiger partial charge in [0.05, 0.1) is 0 Å². The fourth-order valence-corrected chi connectivity index (χ4v) is 3.49. The summed E-state index contributed by atoms with van der Waals surface area (Å²) in [6, 6.07) is 0. The van der Waals surface area contributed by atoms with E-state index in [1.165, 1.54) is 6.42 Å². The van der Waals surface area contributed by atoms with E-state index in [0.29, 0.717) is 11.7 Å². The van der Waals surface area contributed by atoms with E-state index in [-0.39, 0.29) is 10.8 Å². The second-order valence-corrected chi connectivity index (χ2v) is 5.20. The molecule has 0 aromatic heterocycles. The molecule has 0 heterocycles. The standard InChI is InChI=1S/C11H19NO/c1-10(2)8-4-5-11(10,7-12-3)9(13)6-8/h8,12H,4-7H2,1-3H3. The van der Waals surface area contributed by atoms with Crippen LogP contribution in [0.4, 0.5) is 0 Å². The second-order valence-electron chi connectivity index (χ2n) is 5.20. The molecule has 2 aliphatic carbocycles. The third-order valence-electron chi connectivity index (χ3n) is 4.62. The van der Waals surface area contributed by atoms with E-state index in [2.05, 4.69) is 19.2 Å². The van der Waals surface area contributed by atoms with Gasteiger partial charge in [0.1, 0.15) is 5.78 Å². The molecule has 2 rings (SSSR count). The number of carbonyl (C=O) groups excluding carboxylic acids is 1. The first-order valence-corrected chi connectivity index (χ1v) is 5.22. The van der Waals surface area contributed by atoms with Crippen molar-refractivity contribution in [2.45, 2.75) is 33.1 Å². The lowest BCUT2D eigenvalue weighted by Gasteiger charge is -2.36. The predicted molar refractivity (Wildman–Crippen MR) is 52.5 cm³/mol. The van der Waals surface area contributed by atoms with Crippen molar-refractivity contribution in [3.8, 4) is 0 Å². The molecule has 2 heteroatoms. The van der Waals surface area contributed by atoms with Gasteiger partial charge in [-0.2, -0.15) is 0 Å². The summed E-state index contributed by atoms with van der Waals surface area (Å²) in [4.78, 5) is 11.9. The predicted octanol–water partition coefficient (Wildman–Crippen LogP) is 1.60. The molecule has 2 bridgehead atoms. The maximum atomic E-state index is 11.9. The SMILES string of the molecule is CNCC12CCC(CC1=O)C2(C)C. The maximum Gasteiger partial charge on any atom is 0.141 e. The van der Waals surface area contributed by atoms with Gasteiger partial charge in [0.2, 0.25) is 0 Å². The zero-order valence-electron chi connectivity index (χ0n) is 8.81. The molecule has 74 valence electrons. The first kappa shape index (κ1) is 9.20. The van der Waals surface area contributed by atoms with Crippen LogP contribution in [0.3, 0.4) is 0 Å². The highest BCUT2D eigenvalue weighted by atomic mass is 16.1. The molecule has 0 saturated heterocycles. The van der Waals surface area contributed by atoms with Gasteiger partial charge in [-0.25, -0.2) is 0 Å². The van der Waals surface area contributed by atoms with Crippen molar-refractivity contribution in [2.24, 2.45) is 16.7 Å². The first-order valence-electron chi connectivity index (χ1n) is 5.22. The number of hydrogen-bond acceptors (Lipinski definition) is 2. The molecular weight excluding hydrogens is 162 g/mol. The van der Waals surface area contributed by atoms with E-state index < -0.39 is 0 Å². The molecule has 2 unspecified atom stereocenters. The minimum absolute atomic E-state index is 0.0353. The van der Waals surface area contributed by atoms with Gasteiger partial charge in [-0.05, 0) is 31.2 Å². The Morgan fingerprint density at radius 2 is 2.23 bits per heavy atom. The normalized spacial score (nSPS) is 41.5. The summed E-state index contributed by atoms with van der Waals surface area (Å²) >= 11 is 0. The van der Waals surface area contributed by atoms with Crippen molar-refractivity contribution in [1.29, 1.82) is 0 Å². The van der Waals surface area contributed by atoms with Crippen molar-refractivity contribution in [2.75, 3.05) is 13.6 Å². The van der Waals surface area contributed by atoms with Crippen molar-refractivity contribution >= 4 is 5.78 Å². The van der Waals surface area contributed by atoms with Crippen LogP contribution in [-0.2, 0) is 4.79 Å². The second kappa shape index (κ2) is 2.57. The Bertz CT molecular complexity index is 246. The smallest absolute Gasteiger partial charge is 0.141 e. The molecule has 0 aromatic carbocycles. The molecule has 0 aromatic rings. The fourth-order valence-electron chi connectivity index (χ4n) is 3.49. The topological polar surface area (TPSA) is 29.1 Å². The summed E-state index contributed by atoms with van der Waals surface area (Å²) in [7, 11) is 1.95. The third kappa shape index (κ3) is 0.899. The molecule has 0 spiro atoms. The molecule has 0 amide bonds. The van der Waals surface area contributed by atoms with Crippen LogP contribution in [0.1, 0.15) is 33.1 Å². The zero-order valence-corrected chi connectivity index (χ0v) is 8.81. The number of fused-ring (bicyclic) bond motifs is 2. The average molecular weight is 181 g/mol. The Labute approximate surface area is 80.1 Å². The average Bonchev–Trinajstić information content (AvgIpc) is 2.38. The lowest BCUT2D eigenvalue weighted by atomic mass is 9.69. The maximum absolute atomic E-state index is 11.9. The Hall–Kier alpha value is -0.370. The minimum Gasteiger partial charge on any atom is -0.319 e. The number of carbonyl (C=O) groups is 1. The van der Waals surface area contributed by atoms with E-state index in [1.54, 1.807) is 0 Å². The summed E-state index contributed by atoms with van der Waals surface area (Å²) < 4.78 is 0. The lowest BCUT2D eigenvalue weighted by molar-refractivity contribution is -0.129. The summed E-state index contributed by atoms with van der Waals surface area (Å²) in [5.74, 6) is 1.15. The molecule has 13 heavy (non-hydrogen) atoms. The summed E-state index contributed by atoms with van der Waals surface area (Å²) in [6.45, 7) is 5.41. The van der Waals surface area contributed by atoms with Crippen LogP contribution in [-0.4, -0.2) is 19.4 Å². The van der Waals surface area contributed by atoms with E-state index in [0.717, 1.165) is 19.4 Å². The van der Waals surface area contributed by atoms with Crippen molar-refractivity contribution in [1.82, 2.24) is 5.32 Å². The Kier molecular flexibility index (Phi) is 1.82. The quantitative estimate of drug-likeness (QED) is 0.701. The van der Waals surface area contributed by atoms with Crippen LogP contribution < -0.4 is 5.32 Å². The van der Waals surface area contributed by atoms with Gasteiger partial charge in [-0.1, -0.05) is 13.8 Å². The van der Waals surface area contributed by atoms with E-state index in [4.69, 9.17) is 0 Å². The van der Waals surface area contributed by atoms with Gasteiger partial charge in [0.15, 0.2) is 0 Å². The first-order chi connectivity index (χ1) is 6.04. The van der Waals surface area contributed by atoms with Crippen LogP contribution in [0.25, 0.3) is 0 Å². The van der Waals surface area contributed by atoms with Crippen molar-refractivity contribution in [3.05, 3.63) is 0 Å². The molecule has 2 aliphatic rings. The van der Waals surface area contributed by atoms with Crippen molar-refractivity contribution < 1.29 is 4.79 Å². The lowest BCUT2D eigenvalue weighted by Crippen LogP contribution is -2.43. The van der Waals surface area contributed by atoms with Gasteiger partial charge in [0.25, 0.3) is 0 Å². The molecule has 2 saturated carbocycles. The largest absolute Gasteiger partial charge is 0.319 e. The van der Waals surface area contributed by atoms with Crippen LogP contribution in [0, 0.1) is 16.7 Å². The number of Topliss-reactive ketones (excluding diaryl/α,β-unsaturated/α-hetero) is 1. The van der Waals surface area contributed by atoms with Gasteiger partial charge in [0, 0.05) is 18.4 Å². The molecule has 0 radical (unpaired) electrons. The number of ketones is 1. The highest BCUT2D eigenvalue weighted by Crippen LogP contribution is 2.63. The Morgan fingerprint density at radius 1 is 1.54 bits per heavy atom. The third-order valence-corrected chi connectivity index (χ3v) is 4.62. The number of nitrogens with one attached hydrogen (secondary N) is 1. The Balaban J connectivity index is 2.37. The molecule has 1 N–H and O–H groups in total. The minimum atomic E-state index is -0.0353. The Morgan fingerprint density at radius 3 is 2.62 bits per heavy atom. The van der Waals surface area contributed by atoms with E-state index in [1.807, 2.05) is 7.05 Å². The van der Waals surface area contributed by atoms with Gasteiger partial charge < -0.3 is 5.32 Å². The van der Waals surface area contributed by atoms with Crippen LogP contribution in [0.2, 0.25) is 0 Å². The van der Waals surface area contributed by atoms with Crippen molar-refractivity contribution in [3.63, 3.8) is 0 Å². The van der Waals surface area contributed by atoms with Gasteiger partial charge >= 0.3 is 0 Å². The monoisotopic (exact) mass is 181 g/mol. The molecule has 0 aliphatic heterocycles. The van der Waals surface area contributed by atoms with E-state index in [9.17, 15) is 4.79 Å². The number of hydrogen-bond donors (Lipinski definition) is 1. The number of rotatable bonds is 2. The van der Waals surface area contributed by atoms with Crippen LogP contribution in [0.15, 0.2) is 0 Å². The summed E-state index contributed by atoms with van der Waals surface area (Å²) in [5.41, 5.74) is 0.194. The van der Waals surface area contributed by atoms with Crippen LogP contribution in [0.5, 0.6) is 0 Å². The van der Waals surface area contributed by atoms with Gasteiger partial charge in [-0.15, -0.1) is 0 Å². The molecule has 2 atom stereocenters. The zero-order chi connectivity index (χ0) is 9.69. The summed E-state index contributed by atoms with van der Waals surface area (Å²) in [5, 5.41) is 3.19. The fraction of sp³-hybridized carbons (Fsp3) is 0.909. The summed E-state index contributed by atoms with van der Waals surface area (Å²) in [6.07, 6.45) is 3.18.